The first-order chi connectivity index (χ1) is 10.8. The number of rotatable bonds is 3. The molecule has 1 aliphatic heterocycles. The number of hydrogen-bond donors (Lipinski definition) is 1. The molecular weight excluding hydrogens is 288 g/mol. The number of likely N-dealkylation sites (tertiary alicyclic amines) is 1. The van der Waals surface area contributed by atoms with Crippen LogP contribution in [0.5, 0.6) is 0 Å². The Morgan fingerprint density at radius 3 is 2.39 bits per heavy atom. The summed E-state index contributed by atoms with van der Waals surface area (Å²) >= 11 is 0. The Bertz CT molecular complexity index is 528. The molecular formula is C19H30N2O2. The molecule has 0 bridgehead atoms. The maximum Gasteiger partial charge on any atom is 0.410 e. The lowest BCUT2D eigenvalue weighted by Crippen LogP contribution is -2.43. The average molecular weight is 318 g/mol. The quantitative estimate of drug-likeness (QED) is 0.919. The molecule has 0 saturated carbocycles. The standard InChI is InChI=1S/C19H30N2O2/c1-14-8-6-7-9-16(14)17(20-5)15-10-12-21(13-11-15)18(22)23-19(2,3)4/h6-9,15,17,20H,10-13H2,1-5H3. The number of aryl methyl sites for hydroxylation is 1. The summed E-state index contributed by atoms with van der Waals surface area (Å²) in [5, 5.41) is 3.48. The fourth-order valence-electron chi connectivity index (χ4n) is 3.32. The van der Waals surface area contributed by atoms with Crippen LogP contribution >= 0.6 is 0 Å². The number of ether oxygens (including phenoxy) is 1. The van der Waals surface area contributed by atoms with Gasteiger partial charge in [-0.05, 0) is 64.6 Å². The molecule has 1 fully saturated rings. The molecule has 1 aromatic carbocycles. The van der Waals surface area contributed by atoms with Crippen molar-refractivity contribution in [3.8, 4) is 0 Å². The Labute approximate surface area is 140 Å². The third-order valence-electron chi connectivity index (χ3n) is 4.50. The highest BCUT2D eigenvalue weighted by Gasteiger charge is 2.31. The molecule has 1 saturated heterocycles. The van der Waals surface area contributed by atoms with Gasteiger partial charge >= 0.3 is 6.09 Å². The SMILES string of the molecule is CNC(c1ccccc1C)C1CCN(C(=O)OC(C)(C)C)CC1. The van der Waals surface area contributed by atoms with Gasteiger partial charge in [-0.2, -0.15) is 0 Å². The fraction of sp³-hybridized carbons (Fsp3) is 0.632. The molecule has 1 aliphatic rings. The van der Waals surface area contributed by atoms with E-state index in [1.165, 1.54) is 11.1 Å². The third kappa shape index (κ3) is 4.71. The van der Waals surface area contributed by atoms with Gasteiger partial charge in [-0.1, -0.05) is 24.3 Å². The molecule has 0 aromatic heterocycles. The van der Waals surface area contributed by atoms with Gasteiger partial charge in [0.25, 0.3) is 0 Å². The number of carbonyl (C=O) groups excluding carboxylic acids is 1. The van der Waals surface area contributed by atoms with Gasteiger partial charge in [-0.25, -0.2) is 4.79 Å². The molecule has 128 valence electrons. The van der Waals surface area contributed by atoms with Crippen molar-refractivity contribution in [2.45, 2.75) is 52.2 Å². The number of hydrogen-bond acceptors (Lipinski definition) is 3. The van der Waals surface area contributed by atoms with Crippen molar-refractivity contribution in [3.63, 3.8) is 0 Å². The second-order valence-corrected chi connectivity index (χ2v) is 7.43. The van der Waals surface area contributed by atoms with E-state index in [1.54, 1.807) is 0 Å². The predicted molar refractivity (Wildman–Crippen MR) is 93.5 cm³/mol. The van der Waals surface area contributed by atoms with Crippen LogP contribution in [0.15, 0.2) is 24.3 Å². The van der Waals surface area contributed by atoms with Crippen LogP contribution in [0.4, 0.5) is 4.79 Å². The summed E-state index contributed by atoms with van der Waals surface area (Å²) in [6.45, 7) is 9.43. The summed E-state index contributed by atoms with van der Waals surface area (Å²) in [6, 6.07) is 8.89. The van der Waals surface area contributed by atoms with E-state index in [0.29, 0.717) is 12.0 Å². The molecule has 4 nitrogen and oxygen atoms in total. The van der Waals surface area contributed by atoms with E-state index < -0.39 is 5.60 Å². The van der Waals surface area contributed by atoms with E-state index in [9.17, 15) is 4.79 Å². The number of nitrogens with one attached hydrogen (secondary N) is 1. The molecule has 1 N–H and O–H groups in total. The second-order valence-electron chi connectivity index (χ2n) is 7.43. The summed E-state index contributed by atoms with van der Waals surface area (Å²) in [5.74, 6) is 0.541. The highest BCUT2D eigenvalue weighted by molar-refractivity contribution is 5.68. The van der Waals surface area contributed by atoms with Gasteiger partial charge in [-0.15, -0.1) is 0 Å². The first kappa shape index (κ1) is 17.8. The molecule has 1 heterocycles. The summed E-state index contributed by atoms with van der Waals surface area (Å²) in [5.41, 5.74) is 2.26. The zero-order chi connectivity index (χ0) is 17.0. The summed E-state index contributed by atoms with van der Waals surface area (Å²) in [4.78, 5) is 14.0. The average Bonchev–Trinajstić information content (AvgIpc) is 2.49. The van der Waals surface area contributed by atoms with Gasteiger partial charge in [0.05, 0.1) is 0 Å². The predicted octanol–water partition coefficient (Wildman–Crippen LogP) is 3.90. The van der Waals surface area contributed by atoms with Crippen LogP contribution in [0.3, 0.4) is 0 Å². The highest BCUT2D eigenvalue weighted by atomic mass is 16.6. The van der Waals surface area contributed by atoms with E-state index in [0.717, 1.165) is 25.9 Å². The van der Waals surface area contributed by atoms with Crippen LogP contribution in [0.2, 0.25) is 0 Å². The summed E-state index contributed by atoms with van der Waals surface area (Å²) in [7, 11) is 2.03. The monoisotopic (exact) mass is 318 g/mol. The zero-order valence-corrected chi connectivity index (χ0v) is 15.1. The number of piperidine rings is 1. The van der Waals surface area contributed by atoms with E-state index in [-0.39, 0.29) is 6.09 Å². The normalized spacial score (nSPS) is 17.9. The van der Waals surface area contributed by atoms with Gasteiger partial charge in [0.1, 0.15) is 5.60 Å². The van der Waals surface area contributed by atoms with E-state index >= 15 is 0 Å². The maximum atomic E-state index is 12.2. The molecule has 23 heavy (non-hydrogen) atoms. The van der Waals surface area contributed by atoms with E-state index in [1.807, 2.05) is 32.7 Å². The van der Waals surface area contributed by atoms with E-state index in [4.69, 9.17) is 4.74 Å². The Morgan fingerprint density at radius 2 is 1.87 bits per heavy atom. The van der Waals surface area contributed by atoms with Gasteiger partial charge in [0.2, 0.25) is 0 Å². The lowest BCUT2D eigenvalue weighted by atomic mass is 9.84. The van der Waals surface area contributed by atoms with Crippen molar-refractivity contribution in [2.24, 2.45) is 5.92 Å². The van der Waals surface area contributed by atoms with Crippen LogP contribution in [0, 0.1) is 12.8 Å². The largest absolute Gasteiger partial charge is 0.444 e. The minimum atomic E-state index is -0.428. The topological polar surface area (TPSA) is 41.6 Å². The molecule has 1 unspecified atom stereocenters. The van der Waals surface area contributed by atoms with Crippen molar-refractivity contribution in [1.82, 2.24) is 10.2 Å². The third-order valence-corrected chi connectivity index (χ3v) is 4.50. The first-order valence-electron chi connectivity index (χ1n) is 8.52. The zero-order valence-electron chi connectivity index (χ0n) is 15.1. The minimum Gasteiger partial charge on any atom is -0.444 e. The minimum absolute atomic E-state index is 0.187. The lowest BCUT2D eigenvalue weighted by Gasteiger charge is -2.37. The summed E-state index contributed by atoms with van der Waals surface area (Å²) in [6.07, 6.45) is 1.81. The number of benzene rings is 1. The van der Waals surface area contributed by atoms with Gasteiger partial charge < -0.3 is 15.0 Å². The molecule has 1 atom stereocenters. The summed E-state index contributed by atoms with van der Waals surface area (Å²) < 4.78 is 5.47. The van der Waals surface area contributed by atoms with Gasteiger partial charge in [0.15, 0.2) is 0 Å². The molecule has 4 heteroatoms. The lowest BCUT2D eigenvalue weighted by molar-refractivity contribution is 0.0170. The van der Waals surface area contributed by atoms with Crippen molar-refractivity contribution < 1.29 is 9.53 Å². The Morgan fingerprint density at radius 1 is 1.26 bits per heavy atom. The fourth-order valence-corrected chi connectivity index (χ4v) is 3.32. The molecule has 1 amide bonds. The Hall–Kier alpha value is -1.55. The number of amides is 1. The van der Waals surface area contributed by atoms with Crippen LogP contribution in [-0.2, 0) is 4.74 Å². The molecule has 0 spiro atoms. The van der Waals surface area contributed by atoms with Crippen molar-refractivity contribution >= 4 is 6.09 Å². The van der Waals surface area contributed by atoms with Crippen molar-refractivity contribution in [1.29, 1.82) is 0 Å². The number of nitrogens with zero attached hydrogens (tertiary/aromatic N) is 1. The van der Waals surface area contributed by atoms with Crippen LogP contribution in [0.1, 0.15) is 50.8 Å². The second kappa shape index (κ2) is 7.35. The van der Waals surface area contributed by atoms with Gasteiger partial charge in [0, 0.05) is 19.1 Å². The van der Waals surface area contributed by atoms with Crippen molar-refractivity contribution in [3.05, 3.63) is 35.4 Å². The Kier molecular flexibility index (Phi) is 5.69. The highest BCUT2D eigenvalue weighted by Crippen LogP contribution is 2.32. The van der Waals surface area contributed by atoms with Gasteiger partial charge in [-0.3, -0.25) is 0 Å². The van der Waals surface area contributed by atoms with Crippen LogP contribution in [0.25, 0.3) is 0 Å². The molecule has 1 aromatic rings. The van der Waals surface area contributed by atoms with Crippen LogP contribution < -0.4 is 5.32 Å². The number of carbonyl (C=O) groups is 1. The maximum absolute atomic E-state index is 12.2. The molecule has 2 rings (SSSR count). The van der Waals surface area contributed by atoms with Crippen LogP contribution in [-0.4, -0.2) is 36.7 Å². The Balaban J connectivity index is 1.98. The molecule has 0 aliphatic carbocycles. The molecule has 0 radical (unpaired) electrons. The van der Waals surface area contributed by atoms with Crippen molar-refractivity contribution in [2.75, 3.05) is 20.1 Å². The first-order valence-corrected chi connectivity index (χ1v) is 8.52. The smallest absolute Gasteiger partial charge is 0.410 e. The van der Waals surface area contributed by atoms with E-state index in [2.05, 4.69) is 36.5 Å².